The Morgan fingerprint density at radius 3 is 2.24 bits per heavy atom. The van der Waals surface area contributed by atoms with E-state index in [4.69, 9.17) is 0 Å². The molecule has 0 bridgehead atoms. The zero-order valence-corrected chi connectivity index (χ0v) is 11.4. The summed E-state index contributed by atoms with van der Waals surface area (Å²) in [6.45, 7) is 8.99. The maximum Gasteiger partial charge on any atom is 0.230 e. The Morgan fingerprint density at radius 2 is 1.76 bits per heavy atom. The van der Waals surface area contributed by atoms with E-state index in [-0.39, 0.29) is 11.8 Å². The van der Waals surface area contributed by atoms with Crippen LogP contribution in [-0.4, -0.2) is 12.5 Å². The van der Waals surface area contributed by atoms with Crippen molar-refractivity contribution in [1.82, 2.24) is 0 Å². The first-order valence-corrected chi connectivity index (χ1v) is 6.52. The highest BCUT2D eigenvalue weighted by molar-refractivity contribution is 5.95. The van der Waals surface area contributed by atoms with Crippen molar-refractivity contribution in [3.05, 3.63) is 29.8 Å². The van der Waals surface area contributed by atoms with Crippen molar-refractivity contribution >= 4 is 11.6 Å². The van der Waals surface area contributed by atoms with E-state index >= 15 is 0 Å². The highest BCUT2D eigenvalue weighted by atomic mass is 16.2. The van der Waals surface area contributed by atoms with Gasteiger partial charge in [0, 0.05) is 18.2 Å². The standard InChI is InChI=1S/C15H23NO/c1-5-13(6-2)15(17)16(7-3)14-11-9-8-10-12(14)4/h8-11,13H,5-7H2,1-4H3. The zero-order valence-electron chi connectivity index (χ0n) is 11.4. The second kappa shape index (κ2) is 6.43. The van der Waals surface area contributed by atoms with Gasteiger partial charge < -0.3 is 4.90 Å². The predicted molar refractivity (Wildman–Crippen MR) is 73.3 cm³/mol. The number of anilines is 1. The van der Waals surface area contributed by atoms with Crippen molar-refractivity contribution in [2.75, 3.05) is 11.4 Å². The highest BCUT2D eigenvalue weighted by Gasteiger charge is 2.22. The summed E-state index contributed by atoms with van der Waals surface area (Å²) < 4.78 is 0. The third-order valence-electron chi connectivity index (χ3n) is 3.32. The summed E-state index contributed by atoms with van der Waals surface area (Å²) in [5.74, 6) is 0.404. The molecule has 0 aromatic heterocycles. The molecule has 1 aromatic carbocycles. The molecule has 2 heteroatoms. The Kier molecular flexibility index (Phi) is 5.20. The van der Waals surface area contributed by atoms with E-state index in [9.17, 15) is 4.79 Å². The number of benzene rings is 1. The summed E-state index contributed by atoms with van der Waals surface area (Å²) in [6, 6.07) is 8.08. The smallest absolute Gasteiger partial charge is 0.230 e. The number of hydrogen-bond acceptors (Lipinski definition) is 1. The lowest BCUT2D eigenvalue weighted by Gasteiger charge is -2.26. The molecule has 0 atom stereocenters. The van der Waals surface area contributed by atoms with Crippen LogP contribution < -0.4 is 4.90 Å². The summed E-state index contributed by atoms with van der Waals surface area (Å²) in [5.41, 5.74) is 2.21. The molecule has 0 aliphatic heterocycles. The van der Waals surface area contributed by atoms with Crippen molar-refractivity contribution in [3.63, 3.8) is 0 Å². The number of carbonyl (C=O) groups is 1. The number of para-hydroxylation sites is 1. The van der Waals surface area contributed by atoms with E-state index < -0.39 is 0 Å². The van der Waals surface area contributed by atoms with E-state index in [1.165, 1.54) is 0 Å². The molecule has 0 fully saturated rings. The molecule has 0 saturated heterocycles. The van der Waals surface area contributed by atoms with Crippen molar-refractivity contribution in [2.45, 2.75) is 40.5 Å². The molecule has 0 aliphatic rings. The van der Waals surface area contributed by atoms with Gasteiger partial charge in [-0.25, -0.2) is 0 Å². The largest absolute Gasteiger partial charge is 0.312 e. The molecule has 0 heterocycles. The normalized spacial score (nSPS) is 10.6. The third-order valence-corrected chi connectivity index (χ3v) is 3.32. The molecule has 0 aliphatic carbocycles. The Bertz CT molecular complexity index is 369. The van der Waals surface area contributed by atoms with Crippen LogP contribution in [0.3, 0.4) is 0 Å². The lowest BCUT2D eigenvalue weighted by molar-refractivity contribution is -0.122. The first-order chi connectivity index (χ1) is 8.15. The van der Waals surface area contributed by atoms with Crippen LogP contribution in [-0.2, 0) is 4.79 Å². The molecule has 0 spiro atoms. The summed E-state index contributed by atoms with van der Waals surface area (Å²) in [7, 11) is 0. The fourth-order valence-corrected chi connectivity index (χ4v) is 2.17. The van der Waals surface area contributed by atoms with Gasteiger partial charge >= 0.3 is 0 Å². The minimum atomic E-state index is 0.148. The molecule has 17 heavy (non-hydrogen) atoms. The lowest BCUT2D eigenvalue weighted by Crippen LogP contribution is -2.36. The number of nitrogens with zero attached hydrogens (tertiary/aromatic N) is 1. The van der Waals surface area contributed by atoms with E-state index in [1.54, 1.807) is 0 Å². The number of aryl methyl sites for hydroxylation is 1. The van der Waals surface area contributed by atoms with E-state index in [1.807, 2.05) is 30.0 Å². The summed E-state index contributed by atoms with van der Waals surface area (Å²) in [6.07, 6.45) is 1.83. The van der Waals surface area contributed by atoms with Crippen LogP contribution in [0.2, 0.25) is 0 Å². The van der Waals surface area contributed by atoms with Crippen molar-refractivity contribution in [2.24, 2.45) is 5.92 Å². The molecule has 1 rings (SSSR count). The molecular formula is C15H23NO. The second-order valence-electron chi connectivity index (χ2n) is 4.38. The Hall–Kier alpha value is -1.31. The zero-order chi connectivity index (χ0) is 12.8. The number of amides is 1. The SMILES string of the molecule is CCC(CC)C(=O)N(CC)c1ccccc1C. The van der Waals surface area contributed by atoms with Crippen LogP contribution in [0.4, 0.5) is 5.69 Å². The monoisotopic (exact) mass is 233 g/mol. The molecule has 0 N–H and O–H groups in total. The molecule has 0 radical (unpaired) electrons. The molecule has 2 nitrogen and oxygen atoms in total. The predicted octanol–water partition coefficient (Wildman–Crippen LogP) is 3.78. The van der Waals surface area contributed by atoms with Gasteiger partial charge in [-0.3, -0.25) is 4.79 Å². The number of rotatable bonds is 5. The van der Waals surface area contributed by atoms with Gasteiger partial charge in [-0.15, -0.1) is 0 Å². The fourth-order valence-electron chi connectivity index (χ4n) is 2.17. The molecule has 0 saturated carbocycles. The van der Waals surface area contributed by atoms with Crippen LogP contribution in [0.5, 0.6) is 0 Å². The molecular weight excluding hydrogens is 210 g/mol. The Morgan fingerprint density at radius 1 is 1.18 bits per heavy atom. The van der Waals surface area contributed by atoms with Gasteiger partial charge in [-0.2, -0.15) is 0 Å². The first kappa shape index (κ1) is 13.8. The molecule has 1 amide bonds. The average Bonchev–Trinajstić information content (AvgIpc) is 2.34. The number of hydrogen-bond donors (Lipinski definition) is 0. The van der Waals surface area contributed by atoms with Gasteiger partial charge in [0.25, 0.3) is 0 Å². The summed E-state index contributed by atoms with van der Waals surface area (Å²) in [5, 5.41) is 0. The Labute approximate surface area is 105 Å². The van der Waals surface area contributed by atoms with Crippen LogP contribution in [0.1, 0.15) is 39.2 Å². The highest BCUT2D eigenvalue weighted by Crippen LogP contribution is 2.23. The third kappa shape index (κ3) is 3.09. The number of carbonyl (C=O) groups excluding carboxylic acids is 1. The van der Waals surface area contributed by atoms with Gasteiger partial charge in [0.05, 0.1) is 0 Å². The molecule has 0 unspecified atom stereocenters. The quantitative estimate of drug-likeness (QED) is 0.757. The minimum absolute atomic E-state index is 0.148. The van der Waals surface area contributed by atoms with E-state index in [0.717, 1.165) is 30.6 Å². The van der Waals surface area contributed by atoms with E-state index in [2.05, 4.69) is 26.8 Å². The maximum atomic E-state index is 12.4. The fraction of sp³-hybridized carbons (Fsp3) is 0.533. The van der Waals surface area contributed by atoms with E-state index in [0.29, 0.717) is 0 Å². The molecule has 1 aromatic rings. The van der Waals surface area contributed by atoms with Gasteiger partial charge in [0.2, 0.25) is 5.91 Å². The van der Waals surface area contributed by atoms with Gasteiger partial charge in [-0.1, -0.05) is 32.0 Å². The van der Waals surface area contributed by atoms with Crippen LogP contribution in [0.15, 0.2) is 24.3 Å². The maximum absolute atomic E-state index is 12.4. The second-order valence-corrected chi connectivity index (χ2v) is 4.38. The topological polar surface area (TPSA) is 20.3 Å². The molecule has 94 valence electrons. The van der Waals surface area contributed by atoms with Gasteiger partial charge in [0.15, 0.2) is 0 Å². The first-order valence-electron chi connectivity index (χ1n) is 6.52. The van der Waals surface area contributed by atoms with Crippen molar-refractivity contribution in [3.8, 4) is 0 Å². The van der Waals surface area contributed by atoms with Crippen molar-refractivity contribution < 1.29 is 4.79 Å². The van der Waals surface area contributed by atoms with Gasteiger partial charge in [0.1, 0.15) is 0 Å². The summed E-state index contributed by atoms with van der Waals surface area (Å²) in [4.78, 5) is 14.3. The van der Waals surface area contributed by atoms with Crippen LogP contribution >= 0.6 is 0 Å². The lowest BCUT2D eigenvalue weighted by atomic mass is 10.0. The summed E-state index contributed by atoms with van der Waals surface area (Å²) >= 11 is 0. The average molecular weight is 233 g/mol. The van der Waals surface area contributed by atoms with Gasteiger partial charge in [-0.05, 0) is 38.3 Å². The minimum Gasteiger partial charge on any atom is -0.312 e. The Balaban J connectivity index is 3.00. The van der Waals surface area contributed by atoms with Crippen LogP contribution in [0.25, 0.3) is 0 Å². The van der Waals surface area contributed by atoms with Crippen molar-refractivity contribution in [1.29, 1.82) is 0 Å². The van der Waals surface area contributed by atoms with Crippen LogP contribution in [0, 0.1) is 12.8 Å².